The largest absolute Gasteiger partial charge is 0.376 e. The molecule has 2 aliphatic carbocycles. The number of aromatic nitrogens is 3. The van der Waals surface area contributed by atoms with Crippen LogP contribution in [0.25, 0.3) is 0 Å². The maximum absolute atomic E-state index is 12.6. The summed E-state index contributed by atoms with van der Waals surface area (Å²) in [6, 6.07) is 1.87. The normalized spacial score (nSPS) is 30.3. The number of aromatic amines is 1. The van der Waals surface area contributed by atoms with Crippen molar-refractivity contribution < 1.29 is 9.53 Å². The van der Waals surface area contributed by atoms with Gasteiger partial charge in [0.2, 0.25) is 0 Å². The van der Waals surface area contributed by atoms with Crippen LogP contribution < -0.4 is 5.32 Å². The molecule has 0 bridgehead atoms. The summed E-state index contributed by atoms with van der Waals surface area (Å²) in [6.45, 7) is 3.93. The van der Waals surface area contributed by atoms with Gasteiger partial charge in [-0.25, -0.2) is 9.36 Å². The molecule has 3 aliphatic rings. The van der Waals surface area contributed by atoms with Crippen molar-refractivity contribution in [3.8, 4) is 0 Å². The Kier molecular flexibility index (Phi) is 5.17. The lowest BCUT2D eigenvalue weighted by Gasteiger charge is -2.38. The van der Waals surface area contributed by atoms with Crippen LogP contribution in [0.15, 0.2) is 24.8 Å². The number of ether oxygens (including phenoxy) is 1. The quantitative estimate of drug-likeness (QED) is 0.744. The number of likely N-dealkylation sites (tertiary alicyclic amines) is 1. The highest BCUT2D eigenvalue weighted by molar-refractivity contribution is 7.08. The summed E-state index contributed by atoms with van der Waals surface area (Å²) in [6.07, 6.45) is 10.0. The van der Waals surface area contributed by atoms with E-state index in [0.29, 0.717) is 16.7 Å². The predicted octanol–water partition coefficient (Wildman–Crippen LogP) is 2.30. The summed E-state index contributed by atoms with van der Waals surface area (Å²) >= 11 is 1.25. The zero-order valence-corrected chi connectivity index (χ0v) is 16.7. The molecule has 0 unspecified atom stereocenters. The predicted molar refractivity (Wildman–Crippen MR) is 106 cm³/mol. The first-order valence-electron chi connectivity index (χ1n) is 10.3. The maximum atomic E-state index is 12.6. The third-order valence-electron chi connectivity index (χ3n) is 6.36. The van der Waals surface area contributed by atoms with Crippen LogP contribution in [0.2, 0.25) is 0 Å². The number of hydrogen-bond acceptors (Lipinski definition) is 6. The summed E-state index contributed by atoms with van der Waals surface area (Å²) in [5.74, 6) is 1.97. The summed E-state index contributed by atoms with van der Waals surface area (Å²) in [7, 11) is 0. The van der Waals surface area contributed by atoms with E-state index in [1.165, 1.54) is 24.4 Å². The number of amides is 1. The standard InChI is InChI=1S/C20H27N5O2S/c26-20(19-3-4-23-28-19)24-17-5-14-8-25(10-16-7-21-12-22-16)9-15(14)6-18(17)27-11-13-1-2-13/h3-4,7,12-15,17-18H,1-2,5-6,8-11H2,(H,21,22)(H,24,26)/t14-,15+,17-,18-/m0/s1. The van der Waals surface area contributed by atoms with Gasteiger partial charge in [-0.2, -0.15) is 0 Å². The molecule has 1 saturated heterocycles. The molecular formula is C20H27N5O2S. The Bertz CT molecular complexity index is 777. The topological polar surface area (TPSA) is 83.1 Å². The third-order valence-corrected chi connectivity index (χ3v) is 7.11. The number of fused-ring (bicyclic) bond motifs is 1. The van der Waals surface area contributed by atoms with E-state index >= 15 is 0 Å². The van der Waals surface area contributed by atoms with Crippen molar-refractivity contribution >= 4 is 17.4 Å². The summed E-state index contributed by atoms with van der Waals surface area (Å²) < 4.78 is 10.4. The molecule has 1 amide bonds. The van der Waals surface area contributed by atoms with Gasteiger partial charge < -0.3 is 15.0 Å². The molecule has 8 heteroatoms. The molecule has 7 nitrogen and oxygen atoms in total. The fourth-order valence-corrected chi connectivity index (χ4v) is 5.20. The van der Waals surface area contributed by atoms with Crippen molar-refractivity contribution in [3.63, 3.8) is 0 Å². The molecule has 1 aliphatic heterocycles. The summed E-state index contributed by atoms with van der Waals surface area (Å²) in [5, 5.41) is 3.26. The first kappa shape index (κ1) is 18.3. The van der Waals surface area contributed by atoms with Gasteiger partial charge in [0.05, 0.1) is 18.5 Å². The van der Waals surface area contributed by atoms with E-state index in [2.05, 4.69) is 24.6 Å². The van der Waals surface area contributed by atoms with Gasteiger partial charge in [-0.15, -0.1) is 0 Å². The lowest BCUT2D eigenvalue weighted by molar-refractivity contribution is -0.0211. The van der Waals surface area contributed by atoms with Gasteiger partial charge in [0.15, 0.2) is 0 Å². The fraction of sp³-hybridized carbons (Fsp3) is 0.650. The van der Waals surface area contributed by atoms with Gasteiger partial charge in [0, 0.05) is 44.3 Å². The van der Waals surface area contributed by atoms with Crippen molar-refractivity contribution in [2.75, 3.05) is 19.7 Å². The monoisotopic (exact) mass is 401 g/mol. The number of carbonyl (C=O) groups is 1. The molecule has 2 saturated carbocycles. The molecule has 5 rings (SSSR count). The van der Waals surface area contributed by atoms with Crippen molar-refractivity contribution in [3.05, 3.63) is 35.4 Å². The molecule has 2 aromatic heterocycles. The highest BCUT2D eigenvalue weighted by Crippen LogP contribution is 2.39. The van der Waals surface area contributed by atoms with Crippen LogP contribution in [0.4, 0.5) is 0 Å². The second-order valence-corrected chi connectivity index (χ2v) is 9.37. The van der Waals surface area contributed by atoms with Crippen LogP contribution in [0, 0.1) is 17.8 Å². The van der Waals surface area contributed by atoms with E-state index in [4.69, 9.17) is 4.74 Å². The maximum Gasteiger partial charge on any atom is 0.263 e. The first-order valence-corrected chi connectivity index (χ1v) is 11.0. The molecule has 150 valence electrons. The van der Waals surface area contributed by atoms with Crippen LogP contribution in [-0.4, -0.2) is 57.0 Å². The van der Waals surface area contributed by atoms with Gasteiger partial charge in [-0.1, -0.05) is 0 Å². The molecule has 3 heterocycles. The Morgan fingerprint density at radius 1 is 1.32 bits per heavy atom. The van der Waals surface area contributed by atoms with Crippen molar-refractivity contribution in [2.24, 2.45) is 17.8 Å². The summed E-state index contributed by atoms with van der Waals surface area (Å²) in [5.41, 5.74) is 1.16. The van der Waals surface area contributed by atoms with Crippen LogP contribution in [0.1, 0.15) is 41.0 Å². The minimum Gasteiger partial charge on any atom is -0.376 e. The summed E-state index contributed by atoms with van der Waals surface area (Å²) in [4.78, 5) is 23.1. The molecular weight excluding hydrogens is 374 g/mol. The second kappa shape index (κ2) is 7.93. The number of imidazole rings is 1. The Labute approximate surface area is 169 Å². The molecule has 0 aromatic carbocycles. The van der Waals surface area contributed by atoms with Crippen LogP contribution in [0.5, 0.6) is 0 Å². The average Bonchev–Trinajstić information content (AvgIpc) is 3.09. The molecule has 28 heavy (non-hydrogen) atoms. The Hall–Kier alpha value is -1.77. The minimum absolute atomic E-state index is 0.0155. The van der Waals surface area contributed by atoms with Gasteiger partial charge >= 0.3 is 0 Å². The average molecular weight is 402 g/mol. The van der Waals surface area contributed by atoms with E-state index in [-0.39, 0.29) is 18.1 Å². The van der Waals surface area contributed by atoms with Gasteiger partial charge in [-0.05, 0) is 61.0 Å². The molecule has 0 spiro atoms. The van der Waals surface area contributed by atoms with Gasteiger partial charge in [0.1, 0.15) is 4.88 Å². The molecule has 4 atom stereocenters. The number of hydrogen-bond donors (Lipinski definition) is 2. The zero-order chi connectivity index (χ0) is 18.9. The Balaban J connectivity index is 1.24. The zero-order valence-electron chi connectivity index (χ0n) is 15.9. The second-order valence-electron chi connectivity index (χ2n) is 8.53. The first-order chi connectivity index (χ1) is 13.7. The lowest BCUT2D eigenvalue weighted by atomic mass is 9.77. The third kappa shape index (κ3) is 4.14. The molecule has 2 aromatic rings. The fourth-order valence-electron chi connectivity index (χ4n) is 4.70. The van der Waals surface area contributed by atoms with Crippen molar-refractivity contribution in [2.45, 2.75) is 44.4 Å². The number of nitrogens with one attached hydrogen (secondary N) is 2. The van der Waals surface area contributed by atoms with E-state index in [9.17, 15) is 4.79 Å². The van der Waals surface area contributed by atoms with Gasteiger partial charge in [-0.3, -0.25) is 9.69 Å². The smallest absolute Gasteiger partial charge is 0.263 e. The van der Waals surface area contributed by atoms with Crippen LogP contribution in [0.3, 0.4) is 0 Å². The number of rotatable bonds is 7. The highest BCUT2D eigenvalue weighted by atomic mass is 32.1. The Morgan fingerprint density at radius 2 is 2.18 bits per heavy atom. The molecule has 2 N–H and O–H groups in total. The number of nitrogens with zero attached hydrogens (tertiary/aromatic N) is 3. The van der Waals surface area contributed by atoms with Crippen LogP contribution in [-0.2, 0) is 11.3 Å². The number of carbonyl (C=O) groups excluding carboxylic acids is 1. The molecule has 3 fully saturated rings. The van der Waals surface area contributed by atoms with Crippen molar-refractivity contribution in [1.82, 2.24) is 24.6 Å². The van der Waals surface area contributed by atoms with Crippen LogP contribution >= 0.6 is 11.5 Å². The van der Waals surface area contributed by atoms with E-state index in [1.807, 2.05) is 6.20 Å². The lowest BCUT2D eigenvalue weighted by Crippen LogP contribution is -2.50. The molecule has 0 radical (unpaired) electrons. The van der Waals surface area contributed by atoms with Gasteiger partial charge in [0.25, 0.3) is 5.91 Å². The van der Waals surface area contributed by atoms with E-state index in [1.54, 1.807) is 18.6 Å². The Morgan fingerprint density at radius 3 is 2.89 bits per heavy atom. The number of H-pyrrole nitrogens is 1. The van der Waals surface area contributed by atoms with E-state index < -0.39 is 0 Å². The minimum atomic E-state index is -0.0155. The SMILES string of the molecule is O=C(N[C@H]1C[C@H]2CN(Cc3cnc[nH]3)C[C@H]2C[C@@H]1OCC1CC1)c1ccns1. The highest BCUT2D eigenvalue weighted by Gasteiger charge is 2.43. The van der Waals surface area contributed by atoms with Crippen molar-refractivity contribution in [1.29, 1.82) is 0 Å². The van der Waals surface area contributed by atoms with E-state index in [0.717, 1.165) is 50.7 Å².